The molecule has 0 aliphatic rings. The van der Waals surface area contributed by atoms with E-state index in [0.717, 1.165) is 75.5 Å². The summed E-state index contributed by atoms with van der Waals surface area (Å²) < 4.78 is 16.8. The summed E-state index contributed by atoms with van der Waals surface area (Å²) in [6, 6.07) is 0. The molecule has 0 radical (unpaired) electrons. The molecule has 0 aliphatic heterocycles. The van der Waals surface area contributed by atoms with Crippen LogP contribution in [0.4, 0.5) is 0 Å². The van der Waals surface area contributed by atoms with Gasteiger partial charge in [0.1, 0.15) is 13.2 Å². The SMILES string of the molecule is CCC(C)CCCCCCCCCCCCC(=O)OC[C@@H](COC(=O)CCCCCCCCCCCCCCC(C)C)OC(=O)CCCCCCCCCCC(C)C. The van der Waals surface area contributed by atoms with E-state index in [1.54, 1.807) is 0 Å². The molecule has 6 heteroatoms. The van der Waals surface area contributed by atoms with Crippen molar-refractivity contribution in [1.82, 2.24) is 0 Å². The second-order valence-electron chi connectivity index (χ2n) is 19.0. The molecule has 58 heavy (non-hydrogen) atoms. The summed E-state index contributed by atoms with van der Waals surface area (Å²) in [5.41, 5.74) is 0. The van der Waals surface area contributed by atoms with Crippen LogP contribution in [0.2, 0.25) is 0 Å². The molecule has 6 nitrogen and oxygen atoms in total. The van der Waals surface area contributed by atoms with Crippen molar-refractivity contribution in [2.24, 2.45) is 17.8 Å². The van der Waals surface area contributed by atoms with Crippen LogP contribution >= 0.6 is 0 Å². The standard InChI is InChI=1S/C52H100O6/c1-7-48(6)40-34-28-22-15-12-13-17-24-30-36-42-51(54)57-45-49(58-52(55)43-37-31-25-19-18-21-27-33-39-47(4)5)44-56-50(53)41-35-29-23-16-11-9-8-10-14-20-26-32-38-46(2)3/h46-49H,7-45H2,1-6H3/t48?,49-/m1/s1. The lowest BCUT2D eigenvalue weighted by Crippen LogP contribution is -2.30. The largest absolute Gasteiger partial charge is 0.462 e. The van der Waals surface area contributed by atoms with Gasteiger partial charge in [-0.05, 0) is 37.0 Å². The Morgan fingerprint density at radius 3 is 0.897 bits per heavy atom. The molecule has 2 atom stereocenters. The Morgan fingerprint density at radius 1 is 0.345 bits per heavy atom. The van der Waals surface area contributed by atoms with Gasteiger partial charge in [-0.2, -0.15) is 0 Å². The van der Waals surface area contributed by atoms with Crippen LogP contribution in [0.15, 0.2) is 0 Å². The zero-order valence-corrected chi connectivity index (χ0v) is 39.8. The minimum atomic E-state index is -0.763. The number of carbonyl (C=O) groups is 3. The summed E-state index contributed by atoms with van der Waals surface area (Å²) in [7, 11) is 0. The van der Waals surface area contributed by atoms with Crippen LogP contribution in [0.25, 0.3) is 0 Å². The average Bonchev–Trinajstić information content (AvgIpc) is 3.19. The molecule has 0 amide bonds. The molecular formula is C52H100O6. The van der Waals surface area contributed by atoms with E-state index in [1.165, 1.54) is 161 Å². The van der Waals surface area contributed by atoms with Crippen molar-refractivity contribution in [2.45, 2.75) is 285 Å². The van der Waals surface area contributed by atoms with Crippen LogP contribution in [0, 0.1) is 17.8 Å². The van der Waals surface area contributed by atoms with Crippen LogP contribution < -0.4 is 0 Å². The molecule has 344 valence electrons. The van der Waals surface area contributed by atoms with Gasteiger partial charge in [0, 0.05) is 19.3 Å². The first kappa shape index (κ1) is 56.4. The highest BCUT2D eigenvalue weighted by molar-refractivity contribution is 5.71. The van der Waals surface area contributed by atoms with Crippen molar-refractivity contribution in [2.75, 3.05) is 13.2 Å². The highest BCUT2D eigenvalue weighted by Gasteiger charge is 2.19. The third kappa shape index (κ3) is 44.0. The van der Waals surface area contributed by atoms with E-state index >= 15 is 0 Å². The molecule has 0 aromatic carbocycles. The molecule has 0 saturated carbocycles. The predicted molar refractivity (Wildman–Crippen MR) is 247 cm³/mol. The number of hydrogen-bond acceptors (Lipinski definition) is 6. The molecule has 0 aromatic rings. The maximum Gasteiger partial charge on any atom is 0.306 e. The Kier molecular flexibility index (Phi) is 42.3. The minimum Gasteiger partial charge on any atom is -0.462 e. The first-order valence-corrected chi connectivity index (χ1v) is 25.6. The van der Waals surface area contributed by atoms with Gasteiger partial charge in [0.05, 0.1) is 0 Å². The minimum absolute atomic E-state index is 0.0652. The van der Waals surface area contributed by atoms with Crippen molar-refractivity contribution in [1.29, 1.82) is 0 Å². The summed E-state index contributed by atoms with van der Waals surface area (Å²) in [5.74, 6) is 1.64. The molecular weight excluding hydrogens is 721 g/mol. The van der Waals surface area contributed by atoms with Crippen molar-refractivity contribution >= 4 is 17.9 Å². The van der Waals surface area contributed by atoms with Crippen molar-refractivity contribution in [3.05, 3.63) is 0 Å². The molecule has 0 aromatic heterocycles. The number of carbonyl (C=O) groups excluding carboxylic acids is 3. The van der Waals surface area contributed by atoms with Gasteiger partial charge in [0.25, 0.3) is 0 Å². The molecule has 0 spiro atoms. The van der Waals surface area contributed by atoms with E-state index in [2.05, 4.69) is 41.5 Å². The Morgan fingerprint density at radius 2 is 0.603 bits per heavy atom. The van der Waals surface area contributed by atoms with Gasteiger partial charge in [-0.1, -0.05) is 241 Å². The maximum absolute atomic E-state index is 12.8. The summed E-state index contributed by atoms with van der Waals surface area (Å²) in [6.45, 7) is 13.7. The fourth-order valence-corrected chi connectivity index (χ4v) is 7.73. The van der Waals surface area contributed by atoms with E-state index in [-0.39, 0.29) is 31.1 Å². The molecule has 0 bridgehead atoms. The van der Waals surface area contributed by atoms with Crippen LogP contribution in [0.1, 0.15) is 279 Å². The van der Waals surface area contributed by atoms with Crippen LogP contribution in [-0.4, -0.2) is 37.2 Å². The lowest BCUT2D eigenvalue weighted by molar-refractivity contribution is -0.167. The van der Waals surface area contributed by atoms with Crippen molar-refractivity contribution in [3.63, 3.8) is 0 Å². The molecule has 0 fully saturated rings. The smallest absolute Gasteiger partial charge is 0.306 e. The Bertz CT molecular complexity index is 900. The van der Waals surface area contributed by atoms with E-state index in [9.17, 15) is 14.4 Å². The predicted octanol–water partition coefficient (Wildman–Crippen LogP) is 16.4. The Balaban J connectivity index is 4.31. The van der Waals surface area contributed by atoms with Crippen molar-refractivity contribution in [3.8, 4) is 0 Å². The highest BCUT2D eigenvalue weighted by Crippen LogP contribution is 2.18. The highest BCUT2D eigenvalue weighted by atomic mass is 16.6. The fourth-order valence-electron chi connectivity index (χ4n) is 7.73. The maximum atomic E-state index is 12.8. The van der Waals surface area contributed by atoms with Gasteiger partial charge in [-0.3, -0.25) is 14.4 Å². The van der Waals surface area contributed by atoms with E-state index in [1.807, 2.05) is 0 Å². The van der Waals surface area contributed by atoms with Gasteiger partial charge in [-0.15, -0.1) is 0 Å². The third-order valence-electron chi connectivity index (χ3n) is 12.0. The summed E-state index contributed by atoms with van der Waals surface area (Å²) in [6.07, 6.45) is 42.3. The van der Waals surface area contributed by atoms with Gasteiger partial charge < -0.3 is 14.2 Å². The number of hydrogen-bond donors (Lipinski definition) is 0. The zero-order chi connectivity index (χ0) is 42.7. The van der Waals surface area contributed by atoms with Gasteiger partial charge in [0.2, 0.25) is 0 Å². The normalized spacial score (nSPS) is 12.6. The first-order chi connectivity index (χ1) is 28.1. The topological polar surface area (TPSA) is 78.9 Å². The van der Waals surface area contributed by atoms with E-state index < -0.39 is 6.10 Å². The van der Waals surface area contributed by atoms with Crippen molar-refractivity contribution < 1.29 is 28.6 Å². The molecule has 0 saturated heterocycles. The second kappa shape index (κ2) is 43.5. The third-order valence-corrected chi connectivity index (χ3v) is 12.0. The lowest BCUT2D eigenvalue weighted by atomic mass is 9.99. The fraction of sp³-hybridized carbons (Fsp3) is 0.942. The molecule has 1 unspecified atom stereocenters. The van der Waals surface area contributed by atoms with E-state index in [0.29, 0.717) is 19.3 Å². The molecule has 0 aliphatic carbocycles. The summed E-state index contributed by atoms with van der Waals surface area (Å²) >= 11 is 0. The Labute approximate surface area is 361 Å². The summed E-state index contributed by atoms with van der Waals surface area (Å²) in [4.78, 5) is 37.9. The van der Waals surface area contributed by atoms with Gasteiger partial charge in [-0.25, -0.2) is 0 Å². The first-order valence-electron chi connectivity index (χ1n) is 25.6. The second-order valence-corrected chi connectivity index (χ2v) is 19.0. The number of ether oxygens (including phenoxy) is 3. The molecule has 0 heterocycles. The zero-order valence-electron chi connectivity index (χ0n) is 39.8. The summed E-state index contributed by atoms with van der Waals surface area (Å²) in [5, 5.41) is 0. The number of unbranched alkanes of at least 4 members (excludes halogenated alkanes) is 27. The van der Waals surface area contributed by atoms with Gasteiger partial charge >= 0.3 is 17.9 Å². The number of rotatable bonds is 45. The van der Waals surface area contributed by atoms with Crippen LogP contribution in [0.5, 0.6) is 0 Å². The van der Waals surface area contributed by atoms with Crippen LogP contribution in [0.3, 0.4) is 0 Å². The van der Waals surface area contributed by atoms with Crippen LogP contribution in [-0.2, 0) is 28.6 Å². The quantitative estimate of drug-likeness (QED) is 0.0346. The lowest BCUT2D eigenvalue weighted by Gasteiger charge is -2.18. The van der Waals surface area contributed by atoms with Gasteiger partial charge in [0.15, 0.2) is 6.10 Å². The average molecular weight is 821 g/mol. The molecule has 0 N–H and O–H groups in total. The Hall–Kier alpha value is -1.59. The molecule has 0 rings (SSSR count). The number of esters is 3. The van der Waals surface area contributed by atoms with E-state index in [4.69, 9.17) is 14.2 Å². The monoisotopic (exact) mass is 821 g/mol.